The average Bonchev–Trinajstić information content (AvgIpc) is 3.31. The molecule has 3 heterocycles. The van der Waals surface area contributed by atoms with Crippen LogP contribution in [0.1, 0.15) is 30.1 Å². The van der Waals surface area contributed by atoms with Crippen molar-refractivity contribution in [1.82, 2.24) is 25.1 Å². The lowest BCUT2D eigenvalue weighted by Crippen LogP contribution is -2.32. The second kappa shape index (κ2) is 9.00. The van der Waals surface area contributed by atoms with Gasteiger partial charge in [-0.15, -0.1) is 10.2 Å². The molecule has 155 valence electrons. The van der Waals surface area contributed by atoms with Crippen LogP contribution < -0.4 is 0 Å². The third kappa shape index (κ3) is 4.68. The fourth-order valence-corrected chi connectivity index (χ4v) is 4.19. The van der Waals surface area contributed by atoms with Crippen LogP contribution in [-0.2, 0) is 6.54 Å². The van der Waals surface area contributed by atoms with Crippen LogP contribution >= 0.6 is 11.6 Å². The second-order valence-corrected chi connectivity index (χ2v) is 8.38. The van der Waals surface area contributed by atoms with Gasteiger partial charge in [-0.3, -0.25) is 9.88 Å². The molecule has 1 N–H and O–H groups in total. The van der Waals surface area contributed by atoms with E-state index in [0.29, 0.717) is 16.8 Å². The Bertz CT molecular complexity index is 1110. The van der Waals surface area contributed by atoms with Crippen LogP contribution in [0.5, 0.6) is 0 Å². The molecule has 4 aromatic rings. The molecular formula is C25H23ClN5. The lowest BCUT2D eigenvalue weighted by molar-refractivity contribution is 0.202. The molecule has 1 saturated heterocycles. The first-order chi connectivity index (χ1) is 15.2. The second-order valence-electron chi connectivity index (χ2n) is 7.94. The smallest absolute Gasteiger partial charge is 0.179 e. The number of nitrogens with one attached hydrogen (secondary N) is 1. The van der Waals surface area contributed by atoms with Crippen molar-refractivity contribution in [2.45, 2.75) is 25.3 Å². The summed E-state index contributed by atoms with van der Waals surface area (Å²) in [4.78, 5) is 10.2. The van der Waals surface area contributed by atoms with Gasteiger partial charge in [-0.05, 0) is 60.8 Å². The predicted molar refractivity (Wildman–Crippen MR) is 123 cm³/mol. The molecule has 6 heteroatoms. The van der Waals surface area contributed by atoms with Crippen molar-refractivity contribution in [2.75, 3.05) is 13.1 Å². The van der Waals surface area contributed by atoms with E-state index in [1.807, 2.05) is 30.3 Å². The molecule has 2 aromatic carbocycles. The molecule has 0 atom stereocenters. The van der Waals surface area contributed by atoms with E-state index in [4.69, 9.17) is 11.6 Å². The van der Waals surface area contributed by atoms with Crippen molar-refractivity contribution in [3.63, 3.8) is 0 Å². The summed E-state index contributed by atoms with van der Waals surface area (Å²) >= 11 is 5.92. The molecule has 5 nitrogen and oxygen atoms in total. The van der Waals surface area contributed by atoms with E-state index < -0.39 is 0 Å². The summed E-state index contributed by atoms with van der Waals surface area (Å²) in [5.74, 6) is 2.06. The largest absolute Gasteiger partial charge is 0.323 e. The molecule has 0 saturated carbocycles. The summed E-state index contributed by atoms with van der Waals surface area (Å²) in [6.45, 7) is 3.07. The number of rotatable bonds is 5. The summed E-state index contributed by atoms with van der Waals surface area (Å²) in [6, 6.07) is 23.9. The summed E-state index contributed by atoms with van der Waals surface area (Å²) < 4.78 is 0. The fraction of sp³-hybridized carbons (Fsp3) is 0.240. The molecule has 1 aliphatic rings. The van der Waals surface area contributed by atoms with Crippen LogP contribution in [0, 0.1) is 6.07 Å². The van der Waals surface area contributed by atoms with Gasteiger partial charge in [-0.1, -0.05) is 60.1 Å². The van der Waals surface area contributed by atoms with E-state index in [9.17, 15) is 0 Å². The first-order valence-electron chi connectivity index (χ1n) is 10.6. The highest BCUT2D eigenvalue weighted by molar-refractivity contribution is 6.30. The first-order valence-corrected chi connectivity index (χ1v) is 11.0. The SMILES string of the molecule is Clc1ccc(-c2nnc(C3CCN(Cc4ccc(-c5[c]cccc5)cc4)CC3)[nH]2)nc1. The van der Waals surface area contributed by atoms with Gasteiger partial charge < -0.3 is 4.98 Å². The van der Waals surface area contributed by atoms with E-state index in [-0.39, 0.29) is 0 Å². The van der Waals surface area contributed by atoms with Gasteiger partial charge in [0.2, 0.25) is 0 Å². The zero-order valence-electron chi connectivity index (χ0n) is 17.1. The van der Waals surface area contributed by atoms with Crippen LogP contribution in [0.4, 0.5) is 0 Å². The Kier molecular flexibility index (Phi) is 5.78. The molecular weight excluding hydrogens is 406 g/mol. The van der Waals surface area contributed by atoms with Crippen LogP contribution in [-0.4, -0.2) is 38.2 Å². The molecule has 31 heavy (non-hydrogen) atoms. The van der Waals surface area contributed by atoms with Gasteiger partial charge in [0.1, 0.15) is 11.5 Å². The number of hydrogen-bond donors (Lipinski definition) is 1. The van der Waals surface area contributed by atoms with Crippen molar-refractivity contribution in [1.29, 1.82) is 0 Å². The molecule has 5 rings (SSSR count). The molecule has 0 unspecified atom stereocenters. The van der Waals surface area contributed by atoms with Crippen molar-refractivity contribution in [2.24, 2.45) is 0 Å². The highest BCUT2D eigenvalue weighted by Gasteiger charge is 2.23. The van der Waals surface area contributed by atoms with Gasteiger partial charge in [0.25, 0.3) is 0 Å². The fourth-order valence-electron chi connectivity index (χ4n) is 4.08. The molecule has 0 bridgehead atoms. The van der Waals surface area contributed by atoms with Gasteiger partial charge in [0.15, 0.2) is 5.82 Å². The summed E-state index contributed by atoms with van der Waals surface area (Å²) in [6.07, 6.45) is 3.77. The summed E-state index contributed by atoms with van der Waals surface area (Å²) in [7, 11) is 0. The maximum Gasteiger partial charge on any atom is 0.179 e. The van der Waals surface area contributed by atoms with Gasteiger partial charge >= 0.3 is 0 Å². The first kappa shape index (κ1) is 19.9. The maximum absolute atomic E-state index is 5.92. The summed E-state index contributed by atoms with van der Waals surface area (Å²) in [5, 5.41) is 9.28. The number of H-pyrrole nitrogens is 1. The van der Waals surface area contributed by atoms with Crippen LogP contribution in [0.3, 0.4) is 0 Å². The number of hydrogen-bond acceptors (Lipinski definition) is 4. The Morgan fingerprint density at radius 2 is 1.84 bits per heavy atom. The number of benzene rings is 2. The Morgan fingerprint density at radius 3 is 2.55 bits per heavy atom. The van der Waals surface area contributed by atoms with E-state index in [0.717, 1.165) is 49.6 Å². The minimum absolute atomic E-state index is 0.404. The predicted octanol–water partition coefficient (Wildman–Crippen LogP) is 5.37. The minimum atomic E-state index is 0.404. The van der Waals surface area contributed by atoms with Crippen LogP contribution in [0.15, 0.2) is 66.9 Å². The highest BCUT2D eigenvalue weighted by atomic mass is 35.5. The third-order valence-electron chi connectivity index (χ3n) is 5.83. The quantitative estimate of drug-likeness (QED) is 0.464. The number of aromatic nitrogens is 4. The summed E-state index contributed by atoms with van der Waals surface area (Å²) in [5.41, 5.74) is 4.44. The monoisotopic (exact) mass is 428 g/mol. The van der Waals surface area contributed by atoms with E-state index in [1.54, 1.807) is 6.20 Å². The molecule has 0 amide bonds. The van der Waals surface area contributed by atoms with Crippen LogP contribution in [0.2, 0.25) is 5.02 Å². The Balaban J connectivity index is 1.17. The standard InChI is InChI=1S/C25H23ClN5/c26-22-10-11-23(27-16-22)25-28-24(29-30-25)21-12-14-31(15-13-21)17-18-6-8-20(9-7-18)19-4-2-1-3-5-19/h1-4,6-11,16,21H,12-15,17H2,(H,28,29,30). The number of halogens is 1. The lowest BCUT2D eigenvalue weighted by atomic mass is 9.95. The molecule has 1 aliphatic heterocycles. The number of piperidine rings is 1. The van der Waals surface area contributed by atoms with Crippen molar-refractivity contribution >= 4 is 11.6 Å². The Labute approximate surface area is 187 Å². The van der Waals surface area contributed by atoms with E-state index >= 15 is 0 Å². The van der Waals surface area contributed by atoms with E-state index in [2.05, 4.69) is 61.5 Å². The van der Waals surface area contributed by atoms with Gasteiger partial charge in [-0.2, -0.15) is 0 Å². The van der Waals surface area contributed by atoms with Crippen molar-refractivity contribution in [3.05, 3.63) is 89.3 Å². The third-order valence-corrected chi connectivity index (χ3v) is 6.05. The molecule has 2 aromatic heterocycles. The van der Waals surface area contributed by atoms with Gasteiger partial charge in [0.05, 0.1) is 5.02 Å². The number of likely N-dealkylation sites (tertiary alicyclic amines) is 1. The number of nitrogens with zero attached hydrogens (tertiary/aromatic N) is 4. The molecule has 0 spiro atoms. The van der Waals surface area contributed by atoms with Gasteiger partial charge in [0, 0.05) is 18.7 Å². The molecule has 0 aliphatic carbocycles. The van der Waals surface area contributed by atoms with Crippen molar-refractivity contribution < 1.29 is 0 Å². The molecule has 1 radical (unpaired) electrons. The van der Waals surface area contributed by atoms with Gasteiger partial charge in [-0.25, -0.2) is 0 Å². The minimum Gasteiger partial charge on any atom is -0.323 e. The Hall–Kier alpha value is -3.02. The van der Waals surface area contributed by atoms with Crippen molar-refractivity contribution in [3.8, 4) is 22.6 Å². The average molecular weight is 429 g/mol. The van der Waals surface area contributed by atoms with E-state index in [1.165, 1.54) is 11.1 Å². The number of aromatic amines is 1. The van der Waals surface area contributed by atoms with Crippen LogP contribution in [0.25, 0.3) is 22.6 Å². The maximum atomic E-state index is 5.92. The zero-order chi connectivity index (χ0) is 21.0. The Morgan fingerprint density at radius 1 is 1.00 bits per heavy atom. The lowest BCUT2D eigenvalue weighted by Gasteiger charge is -2.30. The topological polar surface area (TPSA) is 57.7 Å². The number of pyridine rings is 1. The zero-order valence-corrected chi connectivity index (χ0v) is 17.9. The molecule has 1 fully saturated rings. The normalized spacial score (nSPS) is 15.3. The highest BCUT2D eigenvalue weighted by Crippen LogP contribution is 2.28.